The van der Waals surface area contributed by atoms with Crippen molar-refractivity contribution >= 4 is 49.8 Å². The maximum atomic E-state index is 6.40. The molecule has 2 aliphatic rings. The van der Waals surface area contributed by atoms with Crippen LogP contribution in [0.1, 0.15) is 22.3 Å². The van der Waals surface area contributed by atoms with Gasteiger partial charge >= 0.3 is 0 Å². The van der Waals surface area contributed by atoms with E-state index in [2.05, 4.69) is 223 Å². The smallest absolute Gasteiger partial charge is 0.136 e. The van der Waals surface area contributed by atoms with Gasteiger partial charge < -0.3 is 9.32 Å². The normalized spacial score (nSPS) is 13.0. The fourth-order valence-corrected chi connectivity index (χ4v) is 10.9. The third-order valence-electron chi connectivity index (χ3n) is 13.3. The third-order valence-corrected chi connectivity index (χ3v) is 13.3. The molecule has 0 unspecified atom stereocenters. The van der Waals surface area contributed by atoms with Gasteiger partial charge in [-0.05, 0) is 103 Å². The summed E-state index contributed by atoms with van der Waals surface area (Å²) in [4.78, 5) is 2.44. The molecule has 1 aromatic heterocycles. The molecule has 284 valence electrons. The van der Waals surface area contributed by atoms with E-state index < -0.39 is 0 Å². The van der Waals surface area contributed by atoms with Crippen molar-refractivity contribution in [3.05, 3.63) is 247 Å². The number of para-hydroxylation sites is 2. The number of hydrogen-bond acceptors (Lipinski definition) is 2. The number of benzene rings is 10. The van der Waals surface area contributed by atoms with Crippen molar-refractivity contribution in [2.75, 3.05) is 4.90 Å². The third kappa shape index (κ3) is 4.73. The Morgan fingerprint density at radius 2 is 0.836 bits per heavy atom. The maximum absolute atomic E-state index is 6.40. The second-order valence-electron chi connectivity index (χ2n) is 16.3. The summed E-state index contributed by atoms with van der Waals surface area (Å²) in [7, 11) is 0. The highest BCUT2D eigenvalue weighted by molar-refractivity contribution is 6.14. The Balaban J connectivity index is 1.01. The predicted octanol–water partition coefficient (Wildman–Crippen LogP) is 15.9. The van der Waals surface area contributed by atoms with Crippen LogP contribution < -0.4 is 4.90 Å². The quantitative estimate of drug-likeness (QED) is 0.173. The van der Waals surface area contributed by atoms with E-state index >= 15 is 0 Å². The first-order chi connectivity index (χ1) is 30.3. The highest BCUT2D eigenvalue weighted by Crippen LogP contribution is 2.64. The van der Waals surface area contributed by atoms with E-state index in [1.807, 2.05) is 6.07 Å². The van der Waals surface area contributed by atoms with Gasteiger partial charge in [0, 0.05) is 27.4 Å². The number of fused-ring (bicyclic) bond motifs is 14. The Labute approximate surface area is 354 Å². The van der Waals surface area contributed by atoms with Crippen LogP contribution in [0.3, 0.4) is 0 Å². The lowest BCUT2D eigenvalue weighted by atomic mass is 9.70. The molecule has 0 N–H and O–H groups in total. The van der Waals surface area contributed by atoms with E-state index in [9.17, 15) is 0 Å². The molecule has 2 nitrogen and oxygen atoms in total. The van der Waals surface area contributed by atoms with Crippen molar-refractivity contribution in [1.82, 2.24) is 0 Å². The van der Waals surface area contributed by atoms with Gasteiger partial charge in [-0.1, -0.05) is 188 Å². The van der Waals surface area contributed by atoms with Crippen molar-refractivity contribution in [3.8, 4) is 44.5 Å². The lowest BCUT2D eigenvalue weighted by Crippen LogP contribution is -2.25. The molecule has 10 aromatic carbocycles. The molecule has 2 heteroatoms. The van der Waals surface area contributed by atoms with Crippen LogP contribution in [0, 0.1) is 0 Å². The number of furan rings is 1. The van der Waals surface area contributed by atoms with E-state index in [0.29, 0.717) is 0 Å². The minimum atomic E-state index is -0.382. The molecule has 0 aliphatic heterocycles. The monoisotopic (exact) mass is 775 g/mol. The first kappa shape index (κ1) is 34.0. The van der Waals surface area contributed by atoms with E-state index in [0.717, 1.165) is 50.1 Å². The molecule has 0 bridgehead atoms. The van der Waals surface area contributed by atoms with Crippen LogP contribution in [0.5, 0.6) is 0 Å². The molecule has 0 atom stereocenters. The molecule has 0 fully saturated rings. The van der Waals surface area contributed by atoms with Crippen LogP contribution in [0.25, 0.3) is 77.2 Å². The average Bonchev–Trinajstić information content (AvgIpc) is 3.97. The molecule has 0 saturated heterocycles. The Morgan fingerprint density at radius 3 is 1.62 bits per heavy atom. The van der Waals surface area contributed by atoms with Crippen LogP contribution in [-0.4, -0.2) is 0 Å². The summed E-state index contributed by atoms with van der Waals surface area (Å²) < 4.78 is 6.40. The van der Waals surface area contributed by atoms with Gasteiger partial charge in [-0.2, -0.15) is 0 Å². The maximum Gasteiger partial charge on any atom is 0.136 e. The zero-order chi connectivity index (χ0) is 40.1. The minimum Gasteiger partial charge on any atom is -0.456 e. The molecular formula is C59H37NO. The Kier molecular flexibility index (Phi) is 7.26. The second kappa shape index (κ2) is 13.0. The van der Waals surface area contributed by atoms with E-state index in [-0.39, 0.29) is 5.41 Å². The van der Waals surface area contributed by atoms with Gasteiger partial charge in [0.1, 0.15) is 11.2 Å². The highest BCUT2D eigenvalue weighted by Gasteiger charge is 2.51. The van der Waals surface area contributed by atoms with E-state index in [4.69, 9.17) is 4.42 Å². The molecule has 11 aromatic rings. The van der Waals surface area contributed by atoms with Gasteiger partial charge in [-0.25, -0.2) is 0 Å². The number of rotatable bonds is 5. The molecule has 1 heterocycles. The van der Waals surface area contributed by atoms with Crippen LogP contribution >= 0.6 is 0 Å². The fourth-order valence-electron chi connectivity index (χ4n) is 10.9. The van der Waals surface area contributed by atoms with Gasteiger partial charge in [0.05, 0.1) is 16.8 Å². The topological polar surface area (TPSA) is 16.4 Å². The minimum absolute atomic E-state index is 0.382. The Hall–Kier alpha value is -7.94. The molecule has 0 radical (unpaired) electrons. The van der Waals surface area contributed by atoms with Gasteiger partial charge in [-0.15, -0.1) is 0 Å². The summed E-state index contributed by atoms with van der Waals surface area (Å²) in [5, 5.41) is 4.63. The zero-order valence-electron chi connectivity index (χ0n) is 33.2. The first-order valence-electron chi connectivity index (χ1n) is 21.1. The number of anilines is 3. The Morgan fingerprint density at radius 1 is 0.328 bits per heavy atom. The van der Waals surface area contributed by atoms with Gasteiger partial charge in [0.25, 0.3) is 0 Å². The Bertz CT molecular complexity index is 3500. The van der Waals surface area contributed by atoms with Crippen LogP contribution in [0.2, 0.25) is 0 Å². The molecule has 0 amide bonds. The van der Waals surface area contributed by atoms with Gasteiger partial charge in [-0.3, -0.25) is 0 Å². The van der Waals surface area contributed by atoms with Crippen molar-refractivity contribution in [1.29, 1.82) is 0 Å². The summed E-state index contributed by atoms with van der Waals surface area (Å²) in [6.45, 7) is 0. The molecule has 13 rings (SSSR count). The van der Waals surface area contributed by atoms with Gasteiger partial charge in [0.2, 0.25) is 0 Å². The fraction of sp³-hybridized carbons (Fsp3) is 0.0169. The molecular weight excluding hydrogens is 739 g/mol. The first-order valence-corrected chi connectivity index (χ1v) is 21.1. The van der Waals surface area contributed by atoms with Gasteiger partial charge in [0.15, 0.2) is 0 Å². The SMILES string of the molecule is c1ccc(N(c2ccc(-c3cccc4c3-c3ccccc3C43c4ccccc4-c4ccccc43)cc2)c2cccc3ccccc23)c(-c2cccc3oc4ccccc4c23)c1. The largest absolute Gasteiger partial charge is 0.456 e. The lowest BCUT2D eigenvalue weighted by Gasteiger charge is -2.30. The summed E-state index contributed by atoms with van der Waals surface area (Å²) in [6, 6.07) is 82.2. The van der Waals surface area contributed by atoms with Crippen molar-refractivity contribution < 1.29 is 4.42 Å². The van der Waals surface area contributed by atoms with Crippen LogP contribution in [0.15, 0.2) is 229 Å². The molecule has 1 spiro atoms. The standard InChI is InChI=1S/C59H37NO/c1-2-18-41-38(16-1)17-13-31-53(41)60(54-30-11-6-21-45(54)46-25-15-33-56-58(46)48-23-7-12-32-55(48)61-56)40-36-34-39(35-37-40)42-24-14-29-52-57(42)47-22-5-10-28-51(47)59(52)49-26-8-3-19-43(49)44-20-4-9-27-50(44)59/h1-37H. The van der Waals surface area contributed by atoms with Crippen molar-refractivity contribution in [2.45, 2.75) is 5.41 Å². The summed E-state index contributed by atoms with van der Waals surface area (Å²) in [5.74, 6) is 0. The average molecular weight is 776 g/mol. The van der Waals surface area contributed by atoms with Crippen LogP contribution in [-0.2, 0) is 5.41 Å². The number of hydrogen-bond donors (Lipinski definition) is 0. The molecule has 0 saturated carbocycles. The summed E-state index contributed by atoms with van der Waals surface area (Å²) >= 11 is 0. The van der Waals surface area contributed by atoms with Crippen molar-refractivity contribution in [2.24, 2.45) is 0 Å². The van der Waals surface area contributed by atoms with Crippen LogP contribution in [0.4, 0.5) is 17.1 Å². The van der Waals surface area contributed by atoms with Crippen molar-refractivity contribution in [3.63, 3.8) is 0 Å². The second-order valence-corrected chi connectivity index (χ2v) is 16.3. The predicted molar refractivity (Wildman–Crippen MR) is 253 cm³/mol. The summed E-state index contributed by atoms with van der Waals surface area (Å²) in [5.41, 5.74) is 20.1. The highest BCUT2D eigenvalue weighted by atomic mass is 16.3. The number of nitrogens with zero attached hydrogens (tertiary/aromatic N) is 1. The molecule has 2 aliphatic carbocycles. The van der Waals surface area contributed by atoms with E-state index in [1.165, 1.54) is 66.4 Å². The molecule has 61 heavy (non-hydrogen) atoms. The lowest BCUT2D eigenvalue weighted by molar-refractivity contribution is 0.669. The van der Waals surface area contributed by atoms with E-state index in [1.54, 1.807) is 0 Å². The zero-order valence-corrected chi connectivity index (χ0v) is 33.2. The summed E-state index contributed by atoms with van der Waals surface area (Å²) in [6.07, 6.45) is 0.